The van der Waals surface area contributed by atoms with E-state index < -0.39 is 72.2 Å². The van der Waals surface area contributed by atoms with Crippen molar-refractivity contribution < 1.29 is 48.1 Å². The molecule has 1 aromatic carbocycles. The molecule has 0 aromatic heterocycles. The standard InChI is InChI=1S/C42H69N5O10/c1-13-27(7)36(45(9)40(51)34(25(3)4)44-39(50)35(26(5)6)46(10)42(54)57-14-2)32(55-11)24-33(48)47-22-18-21-31(47)37(56-12)28(8)38(49)43-30(41(52)53)23-29-19-16-15-17-20-29/h15-17,19-20,25-28,30-32,34-37H,13-14,18,21-24H2,1-12H3,(H,43,49)(H,44,50)(H,52,53)/t27-,28+,30-,31-,32+,34-,35?,36-,37+/m0/s1. The van der Waals surface area contributed by atoms with Gasteiger partial charge in [0.1, 0.15) is 18.1 Å². The Kier molecular flexibility index (Phi) is 19.9. The summed E-state index contributed by atoms with van der Waals surface area (Å²) in [4.78, 5) is 85.0. The van der Waals surface area contributed by atoms with Gasteiger partial charge in [0.2, 0.25) is 23.6 Å². The Hall–Kier alpha value is -4.24. The number of rotatable bonds is 22. The van der Waals surface area contributed by atoms with E-state index in [2.05, 4.69) is 10.6 Å². The lowest BCUT2D eigenvalue weighted by molar-refractivity contribution is -0.148. The van der Waals surface area contributed by atoms with Gasteiger partial charge < -0.3 is 39.8 Å². The van der Waals surface area contributed by atoms with Crippen LogP contribution in [0.5, 0.6) is 0 Å². The Morgan fingerprint density at radius 1 is 0.877 bits per heavy atom. The molecular weight excluding hydrogens is 734 g/mol. The van der Waals surface area contributed by atoms with Crippen molar-refractivity contribution in [2.75, 3.05) is 41.5 Å². The molecule has 2 rings (SSSR count). The third kappa shape index (κ3) is 13.1. The van der Waals surface area contributed by atoms with Crippen molar-refractivity contribution in [3.8, 4) is 0 Å². The van der Waals surface area contributed by atoms with Crippen LogP contribution in [0, 0.1) is 23.7 Å². The highest BCUT2D eigenvalue weighted by Crippen LogP contribution is 2.30. The fourth-order valence-electron chi connectivity index (χ4n) is 7.90. The first kappa shape index (κ1) is 48.9. The molecule has 1 aliphatic rings. The van der Waals surface area contributed by atoms with Gasteiger partial charge in [0.25, 0.3) is 0 Å². The molecule has 0 spiro atoms. The maximum absolute atomic E-state index is 14.3. The minimum Gasteiger partial charge on any atom is -0.480 e. The topological polar surface area (TPSA) is 184 Å². The zero-order valence-corrected chi connectivity index (χ0v) is 36.2. The summed E-state index contributed by atoms with van der Waals surface area (Å²) < 4.78 is 17.0. The first-order chi connectivity index (χ1) is 26.9. The summed E-state index contributed by atoms with van der Waals surface area (Å²) in [6, 6.07) is 5.07. The van der Waals surface area contributed by atoms with Crippen LogP contribution in [0.3, 0.4) is 0 Å². The molecule has 322 valence electrons. The number of ether oxygens (including phenoxy) is 3. The molecule has 1 saturated heterocycles. The number of hydrogen-bond donors (Lipinski definition) is 3. The number of carboxylic acids is 1. The van der Waals surface area contributed by atoms with Gasteiger partial charge >= 0.3 is 12.1 Å². The van der Waals surface area contributed by atoms with Gasteiger partial charge in [-0.2, -0.15) is 0 Å². The molecule has 1 fully saturated rings. The number of likely N-dealkylation sites (N-methyl/N-ethyl adjacent to an activating group) is 2. The molecule has 57 heavy (non-hydrogen) atoms. The predicted octanol–water partition coefficient (Wildman–Crippen LogP) is 3.97. The summed E-state index contributed by atoms with van der Waals surface area (Å²) >= 11 is 0. The minimum absolute atomic E-state index is 0.0622. The van der Waals surface area contributed by atoms with Gasteiger partial charge in [-0.15, -0.1) is 0 Å². The van der Waals surface area contributed by atoms with Crippen LogP contribution in [0.25, 0.3) is 0 Å². The zero-order valence-electron chi connectivity index (χ0n) is 36.2. The summed E-state index contributed by atoms with van der Waals surface area (Å²) in [5, 5.41) is 15.5. The number of nitrogens with zero attached hydrogens (tertiary/aromatic N) is 3. The summed E-state index contributed by atoms with van der Waals surface area (Å²) in [5.74, 6) is -4.19. The molecule has 1 heterocycles. The molecule has 0 aliphatic carbocycles. The van der Waals surface area contributed by atoms with E-state index in [1.54, 1.807) is 42.8 Å². The maximum atomic E-state index is 14.3. The quantitative estimate of drug-likeness (QED) is 0.155. The fraction of sp³-hybridized carbons (Fsp3) is 0.714. The molecule has 9 atom stereocenters. The molecule has 15 nitrogen and oxygen atoms in total. The molecule has 1 unspecified atom stereocenters. The second-order valence-electron chi connectivity index (χ2n) is 15.9. The molecule has 3 N–H and O–H groups in total. The summed E-state index contributed by atoms with van der Waals surface area (Å²) in [6.45, 7) is 15.2. The van der Waals surface area contributed by atoms with Crippen LogP contribution in [-0.2, 0) is 44.6 Å². The van der Waals surface area contributed by atoms with Gasteiger partial charge in [0.15, 0.2) is 0 Å². The first-order valence-electron chi connectivity index (χ1n) is 20.2. The lowest BCUT2D eigenvalue weighted by Gasteiger charge is -2.41. The van der Waals surface area contributed by atoms with E-state index in [4.69, 9.17) is 14.2 Å². The van der Waals surface area contributed by atoms with Gasteiger partial charge in [-0.3, -0.25) is 24.1 Å². The SMILES string of the molecule is CCOC(=O)N(C)C(C(=O)N[C@H](C(=O)N(C)[C@@H]([C@@H](C)CC)[C@@H](CC(=O)N1CCC[C@H]1[C@H](OC)[C@@H](C)C(=O)N[C@@H](Cc1ccccc1)C(=O)O)OC)C(C)C)C(C)C. The van der Waals surface area contributed by atoms with E-state index in [1.165, 1.54) is 26.2 Å². The Labute approximate surface area is 339 Å². The maximum Gasteiger partial charge on any atom is 0.410 e. The van der Waals surface area contributed by atoms with E-state index >= 15 is 0 Å². The number of benzene rings is 1. The monoisotopic (exact) mass is 804 g/mol. The Balaban J connectivity index is 2.29. The van der Waals surface area contributed by atoms with Crippen LogP contribution in [0.2, 0.25) is 0 Å². The van der Waals surface area contributed by atoms with Crippen LogP contribution in [0.4, 0.5) is 4.79 Å². The molecule has 1 aliphatic heterocycles. The third-order valence-corrected chi connectivity index (χ3v) is 11.3. The van der Waals surface area contributed by atoms with Crippen LogP contribution < -0.4 is 10.6 Å². The van der Waals surface area contributed by atoms with Gasteiger partial charge in [0.05, 0.1) is 43.2 Å². The number of likely N-dealkylation sites (tertiary alicyclic amines) is 1. The normalized spacial score (nSPS) is 18.4. The first-order valence-corrected chi connectivity index (χ1v) is 20.2. The molecular formula is C42H69N5O10. The predicted molar refractivity (Wildman–Crippen MR) is 216 cm³/mol. The largest absolute Gasteiger partial charge is 0.480 e. The van der Waals surface area contributed by atoms with Gasteiger partial charge in [-0.25, -0.2) is 9.59 Å². The highest BCUT2D eigenvalue weighted by molar-refractivity contribution is 5.92. The second-order valence-corrected chi connectivity index (χ2v) is 15.9. The van der Waals surface area contributed by atoms with Crippen LogP contribution in [0.15, 0.2) is 30.3 Å². The van der Waals surface area contributed by atoms with E-state index in [0.717, 1.165) is 5.56 Å². The number of methoxy groups -OCH3 is 2. The van der Waals surface area contributed by atoms with Crippen molar-refractivity contribution in [3.05, 3.63) is 35.9 Å². The second kappa shape index (κ2) is 23.2. The van der Waals surface area contributed by atoms with E-state index in [0.29, 0.717) is 25.8 Å². The number of hydrogen-bond acceptors (Lipinski definition) is 9. The fourth-order valence-corrected chi connectivity index (χ4v) is 7.90. The number of nitrogens with one attached hydrogen (secondary N) is 2. The Morgan fingerprint density at radius 3 is 2.02 bits per heavy atom. The highest BCUT2D eigenvalue weighted by atomic mass is 16.6. The van der Waals surface area contributed by atoms with E-state index in [-0.39, 0.29) is 49.0 Å². The van der Waals surface area contributed by atoms with Crippen molar-refractivity contribution in [1.82, 2.24) is 25.3 Å². The Morgan fingerprint density at radius 2 is 1.51 bits per heavy atom. The van der Waals surface area contributed by atoms with Crippen LogP contribution in [-0.4, -0.2) is 139 Å². The molecule has 0 saturated carbocycles. The summed E-state index contributed by atoms with van der Waals surface area (Å²) in [5.41, 5.74) is 0.771. The molecule has 1 aromatic rings. The third-order valence-electron chi connectivity index (χ3n) is 11.3. The lowest BCUT2D eigenvalue weighted by atomic mass is 9.89. The van der Waals surface area contributed by atoms with Gasteiger partial charge in [-0.05, 0) is 43.1 Å². The van der Waals surface area contributed by atoms with Crippen molar-refractivity contribution in [2.24, 2.45) is 23.7 Å². The number of aliphatic carboxylic acids is 1. The van der Waals surface area contributed by atoms with Crippen molar-refractivity contribution in [2.45, 2.75) is 130 Å². The summed E-state index contributed by atoms with van der Waals surface area (Å²) in [6.07, 6.45) is -0.0960. The molecule has 0 bridgehead atoms. The Bertz CT molecular complexity index is 1480. The zero-order chi connectivity index (χ0) is 43.1. The van der Waals surface area contributed by atoms with E-state index in [1.807, 2.05) is 59.7 Å². The number of carbonyl (C=O) groups excluding carboxylic acids is 5. The number of carbonyl (C=O) groups is 6. The summed E-state index contributed by atoms with van der Waals surface area (Å²) in [7, 11) is 6.14. The molecule has 0 radical (unpaired) electrons. The number of amides is 5. The molecule has 5 amide bonds. The average molecular weight is 804 g/mol. The van der Waals surface area contributed by atoms with Gasteiger partial charge in [0, 0.05) is 41.3 Å². The highest BCUT2D eigenvalue weighted by Gasteiger charge is 2.43. The minimum atomic E-state index is -1.15. The lowest BCUT2D eigenvalue weighted by Crippen LogP contribution is -2.60. The van der Waals surface area contributed by atoms with Crippen molar-refractivity contribution in [1.29, 1.82) is 0 Å². The van der Waals surface area contributed by atoms with Gasteiger partial charge in [-0.1, -0.05) is 85.2 Å². The van der Waals surface area contributed by atoms with Crippen LogP contribution >= 0.6 is 0 Å². The smallest absolute Gasteiger partial charge is 0.410 e. The van der Waals surface area contributed by atoms with Crippen LogP contribution in [0.1, 0.15) is 86.6 Å². The number of carboxylic acid groups (broad SMARTS) is 1. The average Bonchev–Trinajstić information content (AvgIpc) is 3.66. The van der Waals surface area contributed by atoms with Crippen molar-refractivity contribution in [3.63, 3.8) is 0 Å². The van der Waals surface area contributed by atoms with Crippen molar-refractivity contribution >= 4 is 35.7 Å². The van der Waals surface area contributed by atoms with E-state index in [9.17, 15) is 33.9 Å². The molecule has 15 heteroatoms.